The Hall–Kier alpha value is -5.28. The molecule has 0 aromatic rings. The summed E-state index contributed by atoms with van der Waals surface area (Å²) in [6.45, 7) is 29.9. The molecule has 0 spiro atoms. The highest BCUT2D eigenvalue weighted by Crippen LogP contribution is 2.63. The van der Waals surface area contributed by atoms with E-state index in [1.54, 1.807) is 27.7 Å². The van der Waals surface area contributed by atoms with Crippen LogP contribution in [0.3, 0.4) is 0 Å². The Balaban J connectivity index is 0.000000122. The van der Waals surface area contributed by atoms with E-state index >= 15 is 0 Å². The zero-order chi connectivity index (χ0) is 72.5. The van der Waals surface area contributed by atoms with Crippen molar-refractivity contribution in [2.24, 2.45) is 118 Å². The van der Waals surface area contributed by atoms with Gasteiger partial charge in [-0.1, -0.05) is 53.0 Å². The Morgan fingerprint density at radius 2 is 0.598 bits per heavy atom. The van der Waals surface area contributed by atoms with Crippen molar-refractivity contribution in [1.29, 1.82) is 0 Å². The van der Waals surface area contributed by atoms with Crippen LogP contribution in [0, 0.1) is 118 Å². The van der Waals surface area contributed by atoms with Gasteiger partial charge in [-0.2, -0.15) is 0 Å². The normalized spacial score (nSPS) is 42.0. The van der Waals surface area contributed by atoms with Crippen LogP contribution in [0.15, 0.2) is 48.6 Å². The molecule has 0 radical (unpaired) electrons. The second-order valence-electron chi connectivity index (χ2n) is 37.2. The van der Waals surface area contributed by atoms with E-state index in [9.17, 15) is 38.4 Å². The number of rotatable bonds is 18. The third kappa shape index (κ3) is 15.4. The third-order valence-corrected chi connectivity index (χ3v) is 30.1. The summed E-state index contributed by atoms with van der Waals surface area (Å²) in [6, 6.07) is 0. The minimum atomic E-state index is -0.339. The average molecular weight is 1410 g/mol. The summed E-state index contributed by atoms with van der Waals surface area (Å²) in [5.74, 6) is 6.30. The maximum Gasteiger partial charge on any atom is 0.333 e. The van der Waals surface area contributed by atoms with Gasteiger partial charge in [-0.05, 0) is 318 Å². The maximum absolute atomic E-state index is 13.4. The molecule has 18 aliphatic rings. The molecule has 16 bridgehead atoms. The molecule has 16 atom stereocenters. The summed E-state index contributed by atoms with van der Waals surface area (Å²) < 4.78 is 47.3. The summed E-state index contributed by atoms with van der Waals surface area (Å²) >= 11 is 0. The molecule has 18 aliphatic carbocycles. The first-order chi connectivity index (χ1) is 48.5. The Morgan fingerprint density at radius 3 is 0.902 bits per heavy atom. The van der Waals surface area contributed by atoms with Gasteiger partial charge < -0.3 is 37.9 Å². The van der Waals surface area contributed by atoms with Gasteiger partial charge in [0.25, 0.3) is 0 Å². The first-order valence-corrected chi connectivity index (χ1v) is 40.9. The SMILES string of the molecule is C=C(C)C(=O)OC1CC2CC(C(=O)OC3(C)C4CC5CC(C4)CC3C5)C1C2.C=C(C)C(=O)OC1CC2CC(C(=O)OC3(C)CCCCC3)C1C2.C=C(C)C(=O)OC1CC2CC(C(=O)OC3(CC)C4CC5CC(C4)CC3C5)C1C2.C=C(C)C(=O)OC1CC2CC(C(=O)OC3(CC)CCCCC3)C1C2. The molecule has 18 saturated carbocycles. The zero-order valence-electron chi connectivity index (χ0n) is 63.3. The topological polar surface area (TPSA) is 210 Å². The first kappa shape index (κ1) is 75.0. The summed E-state index contributed by atoms with van der Waals surface area (Å²) in [6.07, 6.45) is 36.1. The van der Waals surface area contributed by atoms with Gasteiger partial charge in [0.15, 0.2) is 0 Å². The second kappa shape index (κ2) is 30.2. The predicted molar refractivity (Wildman–Crippen MR) is 384 cm³/mol. The van der Waals surface area contributed by atoms with Crippen LogP contribution in [0.1, 0.15) is 274 Å². The molecule has 16 heteroatoms. The van der Waals surface area contributed by atoms with Crippen LogP contribution in [0.25, 0.3) is 0 Å². The minimum absolute atomic E-state index is 0.00195. The van der Waals surface area contributed by atoms with E-state index in [0.29, 0.717) is 69.6 Å². The maximum atomic E-state index is 13.4. The van der Waals surface area contributed by atoms with E-state index in [2.05, 4.69) is 54.0 Å². The Labute approximate surface area is 608 Å². The van der Waals surface area contributed by atoms with Gasteiger partial charge in [-0.25, -0.2) is 19.2 Å². The fourth-order valence-corrected chi connectivity index (χ4v) is 25.1. The molecule has 16 nitrogen and oxygen atoms in total. The van der Waals surface area contributed by atoms with Gasteiger partial charge in [0, 0.05) is 46.0 Å². The highest BCUT2D eigenvalue weighted by atomic mass is 16.6. The molecule has 18 fully saturated rings. The molecule has 18 rings (SSSR count). The number of esters is 8. The fraction of sp³-hybridized carbons (Fsp3) is 0.814. The van der Waals surface area contributed by atoms with Gasteiger partial charge in [0.2, 0.25) is 0 Å². The van der Waals surface area contributed by atoms with E-state index in [0.717, 1.165) is 165 Å². The second-order valence-corrected chi connectivity index (χ2v) is 37.2. The van der Waals surface area contributed by atoms with Crippen molar-refractivity contribution < 1.29 is 76.3 Å². The molecular formula is C86H124O16. The molecule has 0 heterocycles. The van der Waals surface area contributed by atoms with E-state index in [1.165, 1.54) is 77.0 Å². The average Bonchev–Trinajstić information content (AvgIpc) is 1.22. The summed E-state index contributed by atoms with van der Waals surface area (Å²) in [7, 11) is 0. The van der Waals surface area contributed by atoms with Crippen LogP contribution in [0.4, 0.5) is 0 Å². The highest BCUT2D eigenvalue weighted by Gasteiger charge is 2.63. The van der Waals surface area contributed by atoms with Crippen molar-refractivity contribution in [3.05, 3.63) is 48.6 Å². The Morgan fingerprint density at radius 1 is 0.314 bits per heavy atom. The molecule has 0 aliphatic heterocycles. The standard InChI is InChI=1S/C24H34O4.C23H32O4.C20H30O4.C19H28O4/c1-4-24(17-6-14-5-15(8-17)9-18(24)7-14)28-23(26)20-11-16-10-19(20)21(12-16)27-22(25)13(2)3;1-12(2)21(24)26-20-11-15-9-18(20)19(10-15)22(25)27-23(3)16-5-13-4-14(7-16)8-17(23)6-13;1-4-20(8-6-5-7-9-20)24-19(22)16-11-14-10-15(16)17(12-14)23-18(21)13(2)3;1-12(2)17(20)22-16-11-13-9-14(16)15(10-13)18(21)23-19(3)7-5-4-6-8-19/h14-21H,2,4-12H2,1,3H3;13-20H,1,4-11H2,2-3H3;14-17H,2,4-12H2,1,3H3;13-16H,1,4-11H2,2-3H3. The van der Waals surface area contributed by atoms with E-state index in [4.69, 9.17) is 37.9 Å². The summed E-state index contributed by atoms with van der Waals surface area (Å²) in [5.41, 5.74) is 0.665. The molecule has 0 aromatic heterocycles. The van der Waals surface area contributed by atoms with Crippen LogP contribution in [0.5, 0.6) is 0 Å². The van der Waals surface area contributed by atoms with Gasteiger partial charge in [0.1, 0.15) is 46.8 Å². The lowest BCUT2D eigenvalue weighted by Gasteiger charge is -2.60. The van der Waals surface area contributed by atoms with Crippen molar-refractivity contribution in [2.45, 2.75) is 321 Å². The first-order valence-electron chi connectivity index (χ1n) is 40.9. The van der Waals surface area contributed by atoms with Crippen molar-refractivity contribution in [3.8, 4) is 0 Å². The van der Waals surface area contributed by atoms with Crippen LogP contribution in [-0.4, -0.2) is 94.6 Å². The molecular weight excluding hydrogens is 1290 g/mol. The molecule has 102 heavy (non-hydrogen) atoms. The van der Waals surface area contributed by atoms with E-state index in [-0.39, 0.29) is 142 Å². The molecule has 0 saturated heterocycles. The number of carbonyl (C=O) groups is 8. The molecule has 0 N–H and O–H groups in total. The number of fused-ring (bicyclic) bond motifs is 8. The summed E-state index contributed by atoms with van der Waals surface area (Å²) in [4.78, 5) is 99.7. The quantitative estimate of drug-likeness (QED) is 0.0709. The Bertz CT molecular complexity index is 3180. The molecule has 564 valence electrons. The van der Waals surface area contributed by atoms with Crippen LogP contribution >= 0.6 is 0 Å². The number of ether oxygens (including phenoxy) is 8. The van der Waals surface area contributed by atoms with Gasteiger partial charge in [-0.3, -0.25) is 19.2 Å². The van der Waals surface area contributed by atoms with Crippen LogP contribution in [0.2, 0.25) is 0 Å². The fourth-order valence-electron chi connectivity index (χ4n) is 25.1. The molecule has 0 amide bonds. The third-order valence-electron chi connectivity index (χ3n) is 30.1. The smallest absolute Gasteiger partial charge is 0.333 e. The van der Waals surface area contributed by atoms with Crippen LogP contribution in [-0.2, 0) is 76.3 Å². The van der Waals surface area contributed by atoms with Crippen molar-refractivity contribution in [3.63, 3.8) is 0 Å². The number of hydrogen-bond donors (Lipinski definition) is 0. The van der Waals surface area contributed by atoms with Crippen molar-refractivity contribution >= 4 is 47.8 Å². The molecule has 16 unspecified atom stereocenters. The Kier molecular flexibility index (Phi) is 22.2. The largest absolute Gasteiger partial charge is 0.459 e. The van der Waals surface area contributed by atoms with Crippen LogP contribution < -0.4 is 0 Å². The minimum Gasteiger partial charge on any atom is -0.459 e. The summed E-state index contributed by atoms with van der Waals surface area (Å²) in [5, 5.41) is 0. The lowest BCUT2D eigenvalue weighted by molar-refractivity contribution is -0.217. The lowest BCUT2D eigenvalue weighted by Crippen LogP contribution is -2.60. The lowest BCUT2D eigenvalue weighted by atomic mass is 9.49. The monoisotopic (exact) mass is 1410 g/mol. The van der Waals surface area contributed by atoms with Gasteiger partial charge >= 0.3 is 47.8 Å². The van der Waals surface area contributed by atoms with E-state index < -0.39 is 0 Å². The van der Waals surface area contributed by atoms with Crippen molar-refractivity contribution in [1.82, 2.24) is 0 Å². The van der Waals surface area contributed by atoms with Gasteiger partial charge in [0.05, 0.1) is 23.7 Å². The van der Waals surface area contributed by atoms with Crippen molar-refractivity contribution in [2.75, 3.05) is 0 Å². The molecule has 0 aromatic carbocycles. The van der Waals surface area contributed by atoms with E-state index in [1.807, 2.05) is 0 Å². The zero-order valence-corrected chi connectivity index (χ0v) is 63.3. The highest BCUT2D eigenvalue weighted by molar-refractivity contribution is 5.89. The number of carbonyl (C=O) groups excluding carboxylic acids is 8. The van der Waals surface area contributed by atoms with Gasteiger partial charge in [-0.15, -0.1) is 0 Å². The predicted octanol–water partition coefficient (Wildman–Crippen LogP) is 16.9. The number of hydrogen-bond acceptors (Lipinski definition) is 16.